The van der Waals surface area contributed by atoms with E-state index in [2.05, 4.69) is 4.98 Å². The number of hydrogen-bond donors (Lipinski definition) is 7. The molecule has 1 aromatic heterocycles. The molecule has 0 fully saturated rings. The highest BCUT2D eigenvalue weighted by molar-refractivity contribution is 6.25. The maximum Gasteiger partial charge on any atom is 0.417 e. The third kappa shape index (κ3) is 2.84. The van der Waals surface area contributed by atoms with Gasteiger partial charge in [0.1, 0.15) is 17.1 Å². The van der Waals surface area contributed by atoms with Gasteiger partial charge in [-0.15, -0.1) is 0 Å². The summed E-state index contributed by atoms with van der Waals surface area (Å²) in [6.07, 6.45) is -0.105. The predicted molar refractivity (Wildman–Crippen MR) is 114 cm³/mol. The van der Waals surface area contributed by atoms with Crippen molar-refractivity contribution in [2.75, 3.05) is 5.73 Å². The third-order valence-electron chi connectivity index (χ3n) is 6.56. The molecule has 4 rings (SSSR count). The van der Waals surface area contributed by atoms with Crippen LogP contribution in [-0.2, 0) is 9.59 Å². The summed E-state index contributed by atoms with van der Waals surface area (Å²) in [4.78, 5) is 52.6. The van der Waals surface area contributed by atoms with Crippen molar-refractivity contribution in [3.8, 4) is 0 Å². The minimum atomic E-state index is -2.78. The van der Waals surface area contributed by atoms with E-state index in [0.29, 0.717) is 0 Å². The molecule has 0 saturated carbocycles. The topological polar surface area (TPSA) is 236 Å². The number of ketones is 2. The number of aliphatic hydroxyl groups excluding tert-OH is 2. The lowest BCUT2D eigenvalue weighted by molar-refractivity contribution is -0.145. The minimum absolute atomic E-state index is 0.105. The number of hydrogen-bond acceptors (Lipinski definition) is 10. The number of anilines is 1. The van der Waals surface area contributed by atoms with E-state index in [9.17, 15) is 34.5 Å². The van der Waals surface area contributed by atoms with Crippen molar-refractivity contribution < 1.29 is 34.1 Å². The average Bonchev–Trinajstić information content (AvgIpc) is 3.08. The van der Waals surface area contributed by atoms with Gasteiger partial charge in [-0.25, -0.2) is 4.79 Å². The quantitative estimate of drug-likeness (QED) is 0.178. The number of oxazole rings is 1. The first kappa shape index (κ1) is 22.3. The van der Waals surface area contributed by atoms with E-state index in [1.54, 1.807) is 6.92 Å². The van der Waals surface area contributed by atoms with Crippen LogP contribution in [0, 0.1) is 18.8 Å². The van der Waals surface area contributed by atoms with E-state index < -0.39 is 63.8 Å². The van der Waals surface area contributed by atoms with Crippen LogP contribution in [0.2, 0.25) is 0 Å². The van der Waals surface area contributed by atoms with Crippen LogP contribution >= 0.6 is 0 Å². The molecule has 1 amide bonds. The Morgan fingerprint density at radius 3 is 2.52 bits per heavy atom. The summed E-state index contributed by atoms with van der Waals surface area (Å²) < 4.78 is 5.11. The number of nitrogen functional groups attached to an aromatic ring is 1. The minimum Gasteiger partial charge on any atom is -0.510 e. The zero-order chi connectivity index (χ0) is 24.6. The van der Waals surface area contributed by atoms with E-state index in [1.807, 2.05) is 0 Å². The highest BCUT2D eigenvalue weighted by Gasteiger charge is 2.61. The molecule has 1 heterocycles. The number of aliphatic hydroxyl groups is 3. The van der Waals surface area contributed by atoms with Gasteiger partial charge in [0.2, 0.25) is 5.78 Å². The Kier molecular flexibility index (Phi) is 4.76. The van der Waals surface area contributed by atoms with Gasteiger partial charge in [0, 0.05) is 17.2 Å². The highest BCUT2D eigenvalue weighted by atomic mass is 16.4. The Balaban J connectivity index is 1.98. The maximum atomic E-state index is 13.6. The summed E-state index contributed by atoms with van der Waals surface area (Å²) in [7, 11) is 0. The van der Waals surface area contributed by atoms with E-state index >= 15 is 0 Å². The average molecular weight is 458 g/mol. The molecule has 2 aliphatic carbocycles. The summed E-state index contributed by atoms with van der Waals surface area (Å²) in [5.41, 5.74) is 13.3. The van der Waals surface area contributed by atoms with Gasteiger partial charge in [-0.2, -0.15) is 0 Å². The van der Waals surface area contributed by atoms with Crippen molar-refractivity contribution in [2.45, 2.75) is 31.9 Å². The second kappa shape index (κ2) is 7.05. The zero-order valence-electron chi connectivity index (χ0n) is 17.6. The number of Topliss-reactive ketones (excluding diaryl/α,β-unsaturated/α-hetero) is 2. The van der Waals surface area contributed by atoms with Gasteiger partial charge >= 0.3 is 5.76 Å². The fourth-order valence-corrected chi connectivity index (χ4v) is 4.81. The molecule has 0 spiro atoms. The molecule has 2 aliphatic rings. The van der Waals surface area contributed by atoms with E-state index in [0.717, 1.165) is 0 Å². The van der Waals surface area contributed by atoms with Crippen LogP contribution in [-0.4, -0.2) is 49.4 Å². The zero-order valence-corrected chi connectivity index (χ0v) is 17.6. The van der Waals surface area contributed by atoms with E-state index in [-0.39, 0.29) is 39.9 Å². The Labute approximate surface area is 185 Å². The Morgan fingerprint density at radius 2 is 1.91 bits per heavy atom. The second-order valence-electron chi connectivity index (χ2n) is 8.44. The maximum absolute atomic E-state index is 13.6. The molecule has 2 aromatic rings. The van der Waals surface area contributed by atoms with Gasteiger partial charge in [-0.1, -0.05) is 6.92 Å². The first-order valence-electron chi connectivity index (χ1n) is 9.98. The molecule has 0 unspecified atom stereocenters. The molecular formula is C21H22N4O8. The number of allylic oxidation sites excluding steroid dienone is 1. The number of carbonyl (C=O) groups excluding carboxylic acids is 3. The number of aromatic nitrogens is 1. The van der Waals surface area contributed by atoms with Crippen LogP contribution in [0.25, 0.3) is 11.1 Å². The number of nitrogens with two attached hydrogens (primary N) is 3. The molecule has 0 saturated heterocycles. The number of fused-ring (bicyclic) bond motifs is 2. The smallest absolute Gasteiger partial charge is 0.417 e. The Bertz CT molecular complexity index is 1380. The Hall–Kier alpha value is -3.90. The standard InChI is InChI=1S/C21H22N4O8/c1-5-3-7-13(23)15(27)12(19(24)30)18(29)21(7,32)17(28)10(5)14(26)11-6(2)8(22)4-9-16(11)33-20(31)25-9/h4-5,7,13,27-28,32H,3,22-23H2,1-2H3,(H2,24,30)(H,25,31)/t5-,7-,13-,21-/m0/s1. The van der Waals surface area contributed by atoms with Crippen molar-refractivity contribution in [3.05, 3.63) is 50.4 Å². The van der Waals surface area contributed by atoms with Crippen molar-refractivity contribution >= 4 is 34.3 Å². The normalized spacial score (nSPS) is 27.8. The molecule has 12 heteroatoms. The van der Waals surface area contributed by atoms with Gasteiger partial charge in [-0.3, -0.25) is 19.4 Å². The van der Waals surface area contributed by atoms with Crippen LogP contribution in [0.3, 0.4) is 0 Å². The van der Waals surface area contributed by atoms with Crippen molar-refractivity contribution in [1.29, 1.82) is 0 Å². The lowest BCUT2D eigenvalue weighted by atomic mass is 9.61. The van der Waals surface area contributed by atoms with E-state index in [4.69, 9.17) is 21.6 Å². The molecule has 174 valence electrons. The molecule has 12 nitrogen and oxygen atoms in total. The van der Waals surface area contributed by atoms with Crippen LogP contribution < -0.4 is 23.0 Å². The van der Waals surface area contributed by atoms with Crippen LogP contribution in [0.15, 0.2) is 37.9 Å². The summed E-state index contributed by atoms with van der Waals surface area (Å²) in [5.74, 6) is -8.20. The molecule has 33 heavy (non-hydrogen) atoms. The number of nitrogens with one attached hydrogen (secondary N) is 1. The highest BCUT2D eigenvalue weighted by Crippen LogP contribution is 2.48. The fraction of sp³-hybridized carbons (Fsp3) is 0.333. The van der Waals surface area contributed by atoms with Crippen LogP contribution in [0.5, 0.6) is 0 Å². The van der Waals surface area contributed by atoms with Crippen molar-refractivity contribution in [2.24, 2.45) is 23.3 Å². The molecular weight excluding hydrogens is 436 g/mol. The molecule has 10 N–H and O–H groups in total. The number of aromatic amines is 1. The number of benzene rings is 1. The first-order chi connectivity index (χ1) is 15.3. The summed E-state index contributed by atoms with van der Waals surface area (Å²) in [5, 5.41) is 32.6. The van der Waals surface area contributed by atoms with Gasteiger partial charge in [0.05, 0.1) is 17.1 Å². The van der Waals surface area contributed by atoms with Gasteiger partial charge in [0.25, 0.3) is 5.91 Å². The van der Waals surface area contributed by atoms with Crippen LogP contribution in [0.1, 0.15) is 29.3 Å². The SMILES string of the molecule is Cc1c(N)cc2[nH]c(=O)oc2c1C(=O)C1=C(O)[C@]2(O)C(=O)C(C(N)=O)=C(O)[C@@H](N)[C@@H]2C[C@@H]1C. The number of carbonyl (C=O) groups is 3. The van der Waals surface area contributed by atoms with Crippen molar-refractivity contribution in [1.82, 2.24) is 4.98 Å². The number of primary amides is 1. The summed E-state index contributed by atoms with van der Waals surface area (Å²) >= 11 is 0. The second-order valence-corrected chi connectivity index (χ2v) is 8.44. The number of H-pyrrole nitrogens is 1. The lowest BCUT2D eigenvalue weighted by Crippen LogP contribution is -2.62. The predicted octanol–water partition coefficient (Wildman–Crippen LogP) is -0.399. The van der Waals surface area contributed by atoms with Gasteiger partial charge in [-0.05, 0) is 30.9 Å². The van der Waals surface area contributed by atoms with Gasteiger partial charge in [0.15, 0.2) is 17.0 Å². The Morgan fingerprint density at radius 1 is 1.27 bits per heavy atom. The molecule has 4 atom stereocenters. The molecule has 0 aliphatic heterocycles. The number of amides is 1. The monoisotopic (exact) mass is 458 g/mol. The van der Waals surface area contributed by atoms with Crippen LogP contribution in [0.4, 0.5) is 5.69 Å². The summed E-state index contributed by atoms with van der Waals surface area (Å²) in [6.45, 7) is 3.06. The number of rotatable bonds is 3. The summed E-state index contributed by atoms with van der Waals surface area (Å²) in [6, 6.07) is 0.00476. The molecule has 0 radical (unpaired) electrons. The van der Waals surface area contributed by atoms with Crippen molar-refractivity contribution in [3.63, 3.8) is 0 Å². The molecule has 1 aromatic carbocycles. The fourth-order valence-electron chi connectivity index (χ4n) is 4.81. The third-order valence-corrected chi connectivity index (χ3v) is 6.56. The largest absolute Gasteiger partial charge is 0.510 e. The lowest BCUT2D eigenvalue weighted by Gasteiger charge is -2.46. The van der Waals surface area contributed by atoms with E-state index in [1.165, 1.54) is 13.0 Å². The first-order valence-corrected chi connectivity index (χ1v) is 9.98. The van der Waals surface area contributed by atoms with Gasteiger partial charge < -0.3 is 36.9 Å². The molecule has 0 bridgehead atoms.